The van der Waals surface area contributed by atoms with Crippen LogP contribution in [-0.2, 0) is 0 Å². The monoisotopic (exact) mass is 553 g/mol. The van der Waals surface area contributed by atoms with E-state index in [9.17, 15) is 22.8 Å². The molecule has 3 aromatic rings. The van der Waals surface area contributed by atoms with Crippen molar-refractivity contribution in [1.82, 2.24) is 30.0 Å². The van der Waals surface area contributed by atoms with Crippen LogP contribution in [0.1, 0.15) is 52.6 Å². The maximum absolute atomic E-state index is 14.6. The van der Waals surface area contributed by atoms with Crippen LogP contribution in [-0.4, -0.2) is 68.1 Å². The van der Waals surface area contributed by atoms with Crippen LogP contribution in [0.15, 0.2) is 35.6 Å². The van der Waals surface area contributed by atoms with Gasteiger partial charge >= 0.3 is 6.03 Å². The van der Waals surface area contributed by atoms with Crippen molar-refractivity contribution in [2.24, 2.45) is 5.10 Å². The van der Waals surface area contributed by atoms with Gasteiger partial charge in [-0.15, -0.1) is 0 Å². The third kappa shape index (κ3) is 4.87. The number of nitrogens with one attached hydrogen (secondary N) is 1. The normalized spacial score (nSPS) is 18.7. The zero-order chi connectivity index (χ0) is 28.1. The zero-order valence-corrected chi connectivity index (χ0v) is 21.8. The fraction of sp³-hybridized carbons (Fsp3) is 0.370. The number of likely N-dealkylation sites (tertiary alicyclic amines) is 1. The van der Waals surface area contributed by atoms with Crippen molar-refractivity contribution < 1.29 is 27.5 Å². The molecule has 0 spiro atoms. The van der Waals surface area contributed by atoms with Crippen LogP contribution in [0.2, 0.25) is 0 Å². The van der Waals surface area contributed by atoms with Crippen LogP contribution < -0.4 is 10.1 Å². The Morgan fingerprint density at radius 2 is 1.77 bits per heavy atom. The van der Waals surface area contributed by atoms with Crippen molar-refractivity contribution in [3.63, 3.8) is 0 Å². The van der Waals surface area contributed by atoms with Crippen LogP contribution >= 0.6 is 0 Å². The lowest BCUT2D eigenvalue weighted by Gasteiger charge is -2.41. The zero-order valence-electron chi connectivity index (χ0n) is 21.8. The Bertz CT molecular complexity index is 1510. The molecule has 4 heterocycles. The highest BCUT2D eigenvalue weighted by Gasteiger charge is 2.39. The van der Waals surface area contributed by atoms with Crippen molar-refractivity contribution >= 4 is 18.2 Å². The van der Waals surface area contributed by atoms with Gasteiger partial charge in [-0.2, -0.15) is 10.2 Å². The predicted molar refractivity (Wildman–Crippen MR) is 137 cm³/mol. The molecule has 1 N–H and O–H groups in total. The minimum atomic E-state index is -0.733. The molecule has 0 radical (unpaired) electrons. The second-order valence-corrected chi connectivity index (χ2v) is 10.2. The smallest absolute Gasteiger partial charge is 0.341 e. The summed E-state index contributed by atoms with van der Waals surface area (Å²) in [5, 5.41) is 12.7. The number of aromatic nitrogens is 3. The number of aryl methyl sites for hydroxylation is 1. The average Bonchev–Trinajstić information content (AvgIpc) is 3.44. The number of hydrogen-bond donors (Lipinski definition) is 1. The molecule has 3 amide bonds. The van der Waals surface area contributed by atoms with Gasteiger partial charge in [0, 0.05) is 30.8 Å². The van der Waals surface area contributed by atoms with Crippen LogP contribution in [0.3, 0.4) is 0 Å². The van der Waals surface area contributed by atoms with Gasteiger partial charge in [0.05, 0.1) is 42.3 Å². The molecule has 2 aromatic heterocycles. The topological polar surface area (TPSA) is 105 Å². The highest BCUT2D eigenvalue weighted by atomic mass is 19.1. The van der Waals surface area contributed by atoms with Crippen LogP contribution in [0, 0.1) is 31.3 Å². The fourth-order valence-electron chi connectivity index (χ4n) is 4.93. The van der Waals surface area contributed by atoms with Crippen molar-refractivity contribution in [3.8, 4) is 11.6 Å². The number of rotatable bonds is 6. The molecule has 2 aliphatic heterocycles. The summed E-state index contributed by atoms with van der Waals surface area (Å²) in [5.41, 5.74) is 1.86. The Morgan fingerprint density at radius 3 is 2.48 bits per heavy atom. The van der Waals surface area contributed by atoms with Gasteiger partial charge in [-0.1, -0.05) is 0 Å². The van der Waals surface area contributed by atoms with Crippen molar-refractivity contribution in [2.45, 2.75) is 51.3 Å². The van der Waals surface area contributed by atoms with E-state index in [4.69, 9.17) is 4.74 Å². The first-order valence-corrected chi connectivity index (χ1v) is 12.9. The first-order valence-electron chi connectivity index (χ1n) is 12.9. The van der Waals surface area contributed by atoms with E-state index in [2.05, 4.69) is 20.5 Å². The second-order valence-electron chi connectivity index (χ2n) is 10.2. The molecule has 1 saturated carbocycles. The Kier molecular flexibility index (Phi) is 6.43. The van der Waals surface area contributed by atoms with Gasteiger partial charge < -0.3 is 15.0 Å². The van der Waals surface area contributed by atoms with Crippen LogP contribution in [0.5, 0.6) is 5.75 Å². The molecule has 2 fully saturated rings. The van der Waals surface area contributed by atoms with Gasteiger partial charge in [0.25, 0.3) is 5.91 Å². The van der Waals surface area contributed by atoms with E-state index < -0.39 is 35.6 Å². The van der Waals surface area contributed by atoms with Gasteiger partial charge in [-0.3, -0.25) is 4.79 Å². The summed E-state index contributed by atoms with van der Waals surface area (Å²) in [5.74, 6) is -2.13. The van der Waals surface area contributed by atoms with E-state index in [1.807, 2.05) is 0 Å². The highest BCUT2D eigenvalue weighted by molar-refractivity contribution is 5.96. The largest absolute Gasteiger partial charge is 0.483 e. The summed E-state index contributed by atoms with van der Waals surface area (Å²) in [7, 11) is 0. The quantitative estimate of drug-likeness (QED) is 0.500. The lowest BCUT2D eigenvalue weighted by molar-refractivity contribution is 0.0256. The second kappa shape index (κ2) is 9.96. The molecule has 1 saturated heterocycles. The van der Waals surface area contributed by atoms with Gasteiger partial charge in [0.2, 0.25) is 0 Å². The number of carbonyl (C=O) groups excluding carboxylic acids is 2. The maximum atomic E-state index is 14.6. The highest BCUT2D eigenvalue weighted by Crippen LogP contribution is 2.32. The summed E-state index contributed by atoms with van der Waals surface area (Å²) in [6.07, 6.45) is 4.29. The molecule has 10 nitrogen and oxygen atoms in total. The minimum Gasteiger partial charge on any atom is -0.483 e. The molecule has 208 valence electrons. The van der Waals surface area contributed by atoms with Gasteiger partial charge in [0.1, 0.15) is 17.7 Å². The lowest BCUT2D eigenvalue weighted by Crippen LogP contribution is -2.58. The molecule has 6 rings (SSSR count). The third-order valence-corrected chi connectivity index (χ3v) is 7.16. The summed E-state index contributed by atoms with van der Waals surface area (Å²) < 4.78 is 49.4. The summed E-state index contributed by atoms with van der Waals surface area (Å²) in [6, 6.07) is 3.65. The number of pyridine rings is 1. The standard InChI is InChI=1S/C27H26F3N7O3/c1-14-25(26(38)33-19-3-4-19)15(2)36(34-14)24-10-23(21(30)11-31-24)40-20-12-35(13-20)27(39)37-22(5-6-32-37)16-7-17(28)9-18(29)8-16/h6-11,19-20,22H,3-5,12-13H2,1-2H3,(H,33,38)/t22-/m0/s1. The van der Waals surface area contributed by atoms with Gasteiger partial charge in [-0.05, 0) is 44.4 Å². The van der Waals surface area contributed by atoms with Crippen molar-refractivity contribution in [1.29, 1.82) is 0 Å². The maximum Gasteiger partial charge on any atom is 0.341 e. The molecule has 40 heavy (non-hydrogen) atoms. The van der Waals surface area contributed by atoms with E-state index in [1.165, 1.54) is 39.0 Å². The number of carbonyl (C=O) groups is 2. The molecule has 1 aliphatic carbocycles. The minimum absolute atomic E-state index is 0.0639. The Labute approximate surface area is 227 Å². The van der Waals surface area contributed by atoms with Crippen molar-refractivity contribution in [3.05, 3.63) is 70.4 Å². The Morgan fingerprint density at radius 1 is 1.05 bits per heavy atom. The molecule has 0 unspecified atom stereocenters. The van der Waals surface area contributed by atoms with Crippen LogP contribution in [0.25, 0.3) is 5.82 Å². The van der Waals surface area contributed by atoms with E-state index in [0.29, 0.717) is 28.9 Å². The fourth-order valence-corrected chi connectivity index (χ4v) is 4.93. The SMILES string of the molecule is Cc1nn(-c2cc(OC3CN(C(=O)N4N=CC[C@H]4c4cc(F)cc(F)c4)C3)c(F)cn2)c(C)c1C(=O)NC1CC1. The number of hydrogen-bond acceptors (Lipinski definition) is 6. The van der Waals surface area contributed by atoms with Gasteiger partial charge in [-0.25, -0.2) is 32.6 Å². The van der Waals surface area contributed by atoms with E-state index in [0.717, 1.165) is 25.1 Å². The predicted octanol–water partition coefficient (Wildman–Crippen LogP) is 3.81. The molecule has 3 aliphatic rings. The Balaban J connectivity index is 1.12. The molecule has 1 aromatic carbocycles. The van der Waals surface area contributed by atoms with Crippen molar-refractivity contribution in [2.75, 3.05) is 13.1 Å². The number of nitrogens with zero attached hydrogens (tertiary/aromatic N) is 6. The number of amides is 3. The Hall–Kier alpha value is -4.42. The van der Waals surface area contributed by atoms with Gasteiger partial charge in [0.15, 0.2) is 17.4 Å². The summed E-state index contributed by atoms with van der Waals surface area (Å²) in [4.78, 5) is 31.3. The molecular formula is C27H26F3N7O3. The van der Waals surface area contributed by atoms with E-state index in [-0.39, 0.29) is 36.6 Å². The summed E-state index contributed by atoms with van der Waals surface area (Å²) in [6.45, 7) is 3.80. The van der Waals surface area contributed by atoms with E-state index >= 15 is 0 Å². The first kappa shape index (κ1) is 25.8. The molecule has 1 atom stereocenters. The molecular weight excluding hydrogens is 527 g/mol. The summed E-state index contributed by atoms with van der Waals surface area (Å²) >= 11 is 0. The first-order chi connectivity index (χ1) is 19.2. The molecule has 13 heteroatoms. The molecule has 0 bridgehead atoms. The number of hydrazone groups is 1. The number of halogens is 3. The number of benzene rings is 1. The third-order valence-electron chi connectivity index (χ3n) is 7.16. The lowest BCUT2D eigenvalue weighted by atomic mass is 10.0. The number of urea groups is 1. The average molecular weight is 554 g/mol. The van der Waals surface area contributed by atoms with Crippen LogP contribution in [0.4, 0.5) is 18.0 Å². The number of ether oxygens (including phenoxy) is 1. The van der Waals surface area contributed by atoms with E-state index in [1.54, 1.807) is 13.8 Å².